The fourth-order valence-corrected chi connectivity index (χ4v) is 2.46. The van der Waals surface area contributed by atoms with Gasteiger partial charge in [0.05, 0.1) is 18.4 Å². The third-order valence-electron chi connectivity index (χ3n) is 2.52. The first kappa shape index (κ1) is 14.4. The number of ether oxygens (including phenoxy) is 1. The summed E-state index contributed by atoms with van der Waals surface area (Å²) in [4.78, 5) is 23.2. The molecule has 1 amide bonds. The van der Waals surface area contributed by atoms with E-state index in [1.807, 2.05) is 0 Å². The van der Waals surface area contributed by atoms with E-state index in [4.69, 9.17) is 21.4 Å². The summed E-state index contributed by atoms with van der Waals surface area (Å²) in [7, 11) is 1.43. The number of carbonyl (C=O) groups excluding carboxylic acids is 1. The van der Waals surface area contributed by atoms with E-state index in [0.29, 0.717) is 10.8 Å². The van der Waals surface area contributed by atoms with Crippen LogP contribution in [0.3, 0.4) is 0 Å². The van der Waals surface area contributed by atoms with Gasteiger partial charge in [0, 0.05) is 5.02 Å². The quantitative estimate of drug-likeness (QED) is 0.907. The van der Waals surface area contributed by atoms with Crippen LogP contribution in [-0.4, -0.2) is 24.1 Å². The van der Waals surface area contributed by atoms with Crippen LogP contribution in [0.25, 0.3) is 0 Å². The van der Waals surface area contributed by atoms with Crippen LogP contribution in [-0.2, 0) is 0 Å². The highest BCUT2D eigenvalue weighted by atomic mass is 35.5. The lowest BCUT2D eigenvalue weighted by atomic mass is 10.2. The number of amides is 1. The molecular weight excluding hydrogens is 302 g/mol. The summed E-state index contributed by atoms with van der Waals surface area (Å²) < 4.78 is 5.09. The van der Waals surface area contributed by atoms with Gasteiger partial charge in [-0.3, -0.25) is 4.79 Å². The number of benzene rings is 1. The molecule has 2 N–H and O–H groups in total. The molecule has 5 nitrogen and oxygen atoms in total. The molecule has 0 saturated heterocycles. The molecule has 0 fully saturated rings. The zero-order chi connectivity index (χ0) is 14.7. The van der Waals surface area contributed by atoms with E-state index >= 15 is 0 Å². The molecule has 0 spiro atoms. The molecule has 0 radical (unpaired) electrons. The van der Waals surface area contributed by atoms with E-state index in [2.05, 4.69) is 5.32 Å². The van der Waals surface area contributed by atoms with Gasteiger partial charge in [-0.2, -0.15) is 0 Å². The first-order valence-corrected chi connectivity index (χ1v) is 6.74. The Morgan fingerprint density at radius 2 is 2.10 bits per heavy atom. The van der Waals surface area contributed by atoms with Gasteiger partial charge in [0.2, 0.25) is 0 Å². The van der Waals surface area contributed by atoms with Gasteiger partial charge in [-0.05, 0) is 29.6 Å². The number of anilines is 1. The van der Waals surface area contributed by atoms with E-state index < -0.39 is 11.9 Å². The summed E-state index contributed by atoms with van der Waals surface area (Å²) in [5.41, 5.74) is 0.531. The number of thiophene rings is 1. The number of nitrogens with one attached hydrogen (secondary N) is 1. The predicted molar refractivity (Wildman–Crippen MR) is 77.2 cm³/mol. The fourth-order valence-electron chi connectivity index (χ4n) is 1.62. The molecule has 104 valence electrons. The topological polar surface area (TPSA) is 75.6 Å². The van der Waals surface area contributed by atoms with E-state index in [0.717, 1.165) is 11.3 Å². The Morgan fingerprint density at radius 1 is 1.35 bits per heavy atom. The molecule has 0 unspecified atom stereocenters. The molecule has 0 atom stereocenters. The van der Waals surface area contributed by atoms with Crippen molar-refractivity contribution < 1.29 is 19.4 Å². The van der Waals surface area contributed by atoms with Crippen LogP contribution in [0.1, 0.15) is 20.0 Å². The Balaban J connectivity index is 2.28. The monoisotopic (exact) mass is 311 g/mol. The van der Waals surface area contributed by atoms with Gasteiger partial charge >= 0.3 is 5.97 Å². The number of carboxylic acid groups (broad SMARTS) is 1. The number of halogens is 1. The second kappa shape index (κ2) is 5.94. The second-order valence-electron chi connectivity index (χ2n) is 3.77. The van der Waals surface area contributed by atoms with Crippen LogP contribution in [0.5, 0.6) is 5.75 Å². The van der Waals surface area contributed by atoms with Crippen molar-refractivity contribution in [3.8, 4) is 5.75 Å². The number of aromatic carboxylic acids is 1. The molecule has 1 heterocycles. The highest BCUT2D eigenvalue weighted by Gasteiger charge is 2.17. The molecular formula is C13H10ClNO4S. The minimum atomic E-state index is -1.08. The summed E-state index contributed by atoms with van der Waals surface area (Å²) in [6, 6.07) is 6.13. The standard InChI is InChI=1S/C13H10ClNO4S/c1-19-10-6-7(14)2-3-8(10)12(16)15-9-4-5-20-11(9)13(17)18/h2-6H,1H3,(H,15,16)(H,17,18). The highest BCUT2D eigenvalue weighted by Crippen LogP contribution is 2.26. The van der Waals surface area contributed by atoms with Gasteiger partial charge in [-0.25, -0.2) is 4.79 Å². The Labute approximate surface area is 123 Å². The smallest absolute Gasteiger partial charge is 0.348 e. The molecule has 7 heteroatoms. The SMILES string of the molecule is COc1cc(Cl)ccc1C(=O)Nc1ccsc1C(=O)O. The van der Waals surface area contributed by atoms with Gasteiger partial charge in [-0.15, -0.1) is 11.3 Å². The predicted octanol–water partition coefficient (Wildman–Crippen LogP) is 3.36. The molecule has 2 rings (SSSR count). The van der Waals surface area contributed by atoms with Gasteiger partial charge in [0.25, 0.3) is 5.91 Å². The first-order chi connectivity index (χ1) is 9.52. The molecule has 0 aliphatic carbocycles. The molecule has 0 saturated carbocycles. The molecule has 1 aromatic heterocycles. The van der Waals surface area contributed by atoms with Gasteiger partial charge in [-0.1, -0.05) is 11.6 Å². The zero-order valence-corrected chi connectivity index (χ0v) is 11.9. The fraction of sp³-hybridized carbons (Fsp3) is 0.0769. The maximum absolute atomic E-state index is 12.2. The van der Waals surface area contributed by atoms with Crippen LogP contribution < -0.4 is 10.1 Å². The minimum absolute atomic E-state index is 0.0753. The van der Waals surface area contributed by atoms with Gasteiger partial charge < -0.3 is 15.2 Å². The number of hydrogen-bond acceptors (Lipinski definition) is 4. The maximum atomic E-state index is 12.2. The summed E-state index contributed by atoms with van der Waals surface area (Å²) >= 11 is 6.86. The average Bonchev–Trinajstić information content (AvgIpc) is 2.86. The molecule has 0 aliphatic heterocycles. The third kappa shape index (κ3) is 2.92. The Bertz CT molecular complexity index is 668. The zero-order valence-electron chi connectivity index (χ0n) is 10.3. The number of hydrogen-bond donors (Lipinski definition) is 2. The van der Waals surface area contributed by atoms with Crippen molar-refractivity contribution in [3.05, 3.63) is 45.1 Å². The van der Waals surface area contributed by atoms with Crippen molar-refractivity contribution in [2.75, 3.05) is 12.4 Å². The van der Waals surface area contributed by atoms with Gasteiger partial charge in [0.15, 0.2) is 0 Å². The molecule has 20 heavy (non-hydrogen) atoms. The normalized spacial score (nSPS) is 10.1. The van der Waals surface area contributed by atoms with Crippen LogP contribution in [0.2, 0.25) is 5.02 Å². The Kier molecular flexibility index (Phi) is 4.26. The lowest BCUT2D eigenvalue weighted by Gasteiger charge is -2.09. The van der Waals surface area contributed by atoms with Crippen molar-refractivity contribution >= 4 is 40.5 Å². The summed E-state index contributed by atoms with van der Waals surface area (Å²) in [5.74, 6) is -1.22. The van der Waals surface area contributed by atoms with E-state index in [1.165, 1.54) is 25.3 Å². The molecule has 0 bridgehead atoms. The van der Waals surface area contributed by atoms with Crippen LogP contribution in [0.15, 0.2) is 29.6 Å². The van der Waals surface area contributed by atoms with Crippen LogP contribution in [0.4, 0.5) is 5.69 Å². The maximum Gasteiger partial charge on any atom is 0.348 e. The van der Waals surface area contributed by atoms with Crippen molar-refractivity contribution in [1.29, 1.82) is 0 Å². The lowest BCUT2D eigenvalue weighted by Crippen LogP contribution is -2.14. The first-order valence-electron chi connectivity index (χ1n) is 5.48. The number of methoxy groups -OCH3 is 1. The Morgan fingerprint density at radius 3 is 2.75 bits per heavy atom. The number of carboxylic acids is 1. The van der Waals surface area contributed by atoms with Crippen molar-refractivity contribution in [2.24, 2.45) is 0 Å². The molecule has 1 aromatic carbocycles. The average molecular weight is 312 g/mol. The summed E-state index contributed by atoms with van der Waals surface area (Å²) in [6.07, 6.45) is 0. The van der Waals surface area contributed by atoms with E-state index in [-0.39, 0.29) is 16.1 Å². The highest BCUT2D eigenvalue weighted by molar-refractivity contribution is 7.12. The van der Waals surface area contributed by atoms with Crippen molar-refractivity contribution in [1.82, 2.24) is 0 Å². The second-order valence-corrected chi connectivity index (χ2v) is 5.12. The minimum Gasteiger partial charge on any atom is -0.496 e. The van der Waals surface area contributed by atoms with Crippen molar-refractivity contribution in [2.45, 2.75) is 0 Å². The van der Waals surface area contributed by atoms with Crippen LogP contribution >= 0.6 is 22.9 Å². The van der Waals surface area contributed by atoms with E-state index in [9.17, 15) is 9.59 Å². The number of rotatable bonds is 4. The summed E-state index contributed by atoms with van der Waals surface area (Å²) in [6.45, 7) is 0. The van der Waals surface area contributed by atoms with Crippen molar-refractivity contribution in [3.63, 3.8) is 0 Å². The number of carbonyl (C=O) groups is 2. The lowest BCUT2D eigenvalue weighted by molar-refractivity contribution is 0.0703. The molecule has 0 aliphatic rings. The van der Waals surface area contributed by atoms with Crippen LogP contribution in [0, 0.1) is 0 Å². The van der Waals surface area contributed by atoms with Gasteiger partial charge in [0.1, 0.15) is 10.6 Å². The third-order valence-corrected chi connectivity index (χ3v) is 3.65. The Hall–Kier alpha value is -2.05. The largest absolute Gasteiger partial charge is 0.496 e. The van der Waals surface area contributed by atoms with E-state index in [1.54, 1.807) is 11.4 Å². The summed E-state index contributed by atoms with van der Waals surface area (Å²) in [5, 5.41) is 13.6. The molecule has 2 aromatic rings.